The van der Waals surface area contributed by atoms with E-state index >= 15 is 0 Å². The summed E-state index contributed by atoms with van der Waals surface area (Å²) < 4.78 is 0. The van der Waals surface area contributed by atoms with Gasteiger partial charge in [0.05, 0.1) is 6.54 Å². The lowest BCUT2D eigenvalue weighted by molar-refractivity contribution is -0.156. The van der Waals surface area contributed by atoms with Crippen LogP contribution in [0.1, 0.15) is 6.92 Å². The van der Waals surface area contributed by atoms with Crippen LogP contribution in [0.5, 0.6) is 0 Å². The van der Waals surface area contributed by atoms with E-state index in [1.165, 1.54) is 4.90 Å². The standard InChI is InChI=1S/C6H11N3O2/c1-2-8-3-4-9(7)6(11)5(8)10/h2-4,7H2,1H3. The Kier molecular flexibility index (Phi) is 2.09. The number of hydrazine groups is 1. The lowest BCUT2D eigenvalue weighted by Gasteiger charge is -2.29. The number of carbonyl (C=O) groups excluding carboxylic acids is 2. The van der Waals surface area contributed by atoms with Crippen molar-refractivity contribution in [1.29, 1.82) is 0 Å². The minimum absolute atomic E-state index is 0.429. The van der Waals surface area contributed by atoms with Gasteiger partial charge in [0.15, 0.2) is 0 Å². The molecule has 62 valence electrons. The summed E-state index contributed by atoms with van der Waals surface area (Å²) in [4.78, 5) is 23.4. The predicted octanol–water partition coefficient (Wildman–Crippen LogP) is -1.45. The Morgan fingerprint density at radius 3 is 2.55 bits per heavy atom. The Morgan fingerprint density at radius 2 is 2.00 bits per heavy atom. The molecule has 0 spiro atoms. The van der Waals surface area contributed by atoms with Crippen LogP contribution in [0.2, 0.25) is 0 Å². The molecule has 0 bridgehead atoms. The van der Waals surface area contributed by atoms with Crippen LogP contribution in [0, 0.1) is 0 Å². The van der Waals surface area contributed by atoms with Crippen molar-refractivity contribution in [1.82, 2.24) is 9.91 Å². The molecular formula is C6H11N3O2. The number of carbonyl (C=O) groups is 2. The molecule has 1 rings (SSSR count). The molecule has 0 unspecified atom stereocenters. The van der Waals surface area contributed by atoms with E-state index in [0.29, 0.717) is 19.6 Å². The lowest BCUT2D eigenvalue weighted by Crippen LogP contribution is -2.56. The highest BCUT2D eigenvalue weighted by molar-refractivity contribution is 6.35. The number of likely N-dealkylation sites (N-methyl/N-ethyl adjacent to an activating group) is 1. The minimum Gasteiger partial charge on any atom is -0.333 e. The van der Waals surface area contributed by atoms with Crippen molar-refractivity contribution in [2.45, 2.75) is 6.92 Å². The van der Waals surface area contributed by atoms with E-state index in [-0.39, 0.29) is 0 Å². The molecule has 5 heteroatoms. The Labute approximate surface area is 64.7 Å². The molecule has 2 amide bonds. The fourth-order valence-corrected chi connectivity index (χ4v) is 0.991. The van der Waals surface area contributed by atoms with Gasteiger partial charge in [-0.25, -0.2) is 5.84 Å². The van der Waals surface area contributed by atoms with Crippen LogP contribution in [-0.4, -0.2) is 41.4 Å². The van der Waals surface area contributed by atoms with Crippen LogP contribution < -0.4 is 5.84 Å². The van der Waals surface area contributed by atoms with E-state index in [2.05, 4.69) is 0 Å². The SMILES string of the molecule is CCN1CCN(N)C(=O)C1=O. The summed E-state index contributed by atoms with van der Waals surface area (Å²) in [6.07, 6.45) is 0. The number of nitrogens with zero attached hydrogens (tertiary/aromatic N) is 2. The van der Waals surface area contributed by atoms with E-state index in [1.807, 2.05) is 6.92 Å². The highest BCUT2D eigenvalue weighted by Crippen LogP contribution is 1.99. The van der Waals surface area contributed by atoms with Gasteiger partial charge in [0.2, 0.25) is 0 Å². The van der Waals surface area contributed by atoms with Crippen LogP contribution in [0.15, 0.2) is 0 Å². The van der Waals surface area contributed by atoms with Crippen molar-refractivity contribution in [3.8, 4) is 0 Å². The zero-order valence-corrected chi connectivity index (χ0v) is 6.41. The summed E-state index contributed by atoms with van der Waals surface area (Å²) in [5, 5.41) is 0.953. The zero-order valence-electron chi connectivity index (χ0n) is 6.41. The van der Waals surface area contributed by atoms with Crippen molar-refractivity contribution in [2.24, 2.45) is 5.84 Å². The Balaban J connectivity index is 2.67. The Hall–Kier alpha value is -1.10. The zero-order chi connectivity index (χ0) is 8.43. The van der Waals surface area contributed by atoms with Crippen molar-refractivity contribution >= 4 is 11.8 Å². The molecule has 1 fully saturated rings. The number of nitrogens with two attached hydrogens (primary N) is 1. The summed E-state index contributed by atoms with van der Waals surface area (Å²) in [6.45, 7) is 3.37. The maximum absolute atomic E-state index is 11.0. The van der Waals surface area contributed by atoms with Gasteiger partial charge in [-0.2, -0.15) is 0 Å². The Bertz CT molecular complexity index is 192. The molecule has 1 aliphatic heterocycles. The average Bonchev–Trinajstić information content (AvgIpc) is 2.01. The average molecular weight is 157 g/mol. The first-order valence-corrected chi connectivity index (χ1v) is 3.52. The van der Waals surface area contributed by atoms with Crippen LogP contribution in [0.4, 0.5) is 0 Å². The first-order chi connectivity index (χ1) is 5.16. The smallest absolute Gasteiger partial charge is 0.326 e. The third-order valence-electron chi connectivity index (χ3n) is 1.72. The van der Waals surface area contributed by atoms with Crippen molar-refractivity contribution in [3.63, 3.8) is 0 Å². The van der Waals surface area contributed by atoms with Gasteiger partial charge in [-0.3, -0.25) is 14.6 Å². The van der Waals surface area contributed by atoms with Crippen molar-refractivity contribution < 1.29 is 9.59 Å². The third-order valence-corrected chi connectivity index (χ3v) is 1.72. The second kappa shape index (κ2) is 2.87. The second-order valence-electron chi connectivity index (χ2n) is 2.38. The minimum atomic E-state index is -0.613. The van der Waals surface area contributed by atoms with Gasteiger partial charge in [0.25, 0.3) is 0 Å². The molecular weight excluding hydrogens is 146 g/mol. The summed E-state index contributed by atoms with van der Waals surface area (Å²) in [5.74, 6) is 4.11. The monoisotopic (exact) mass is 157 g/mol. The summed E-state index contributed by atoms with van der Waals surface area (Å²) in [7, 11) is 0. The highest BCUT2D eigenvalue weighted by Gasteiger charge is 2.29. The van der Waals surface area contributed by atoms with E-state index < -0.39 is 11.8 Å². The molecule has 2 N–H and O–H groups in total. The van der Waals surface area contributed by atoms with Crippen LogP contribution in [0.25, 0.3) is 0 Å². The van der Waals surface area contributed by atoms with Crippen LogP contribution >= 0.6 is 0 Å². The molecule has 0 radical (unpaired) electrons. The van der Waals surface area contributed by atoms with Gasteiger partial charge in [-0.15, -0.1) is 0 Å². The molecule has 11 heavy (non-hydrogen) atoms. The Morgan fingerprint density at radius 1 is 1.36 bits per heavy atom. The van der Waals surface area contributed by atoms with E-state index in [9.17, 15) is 9.59 Å². The molecule has 0 aromatic rings. The van der Waals surface area contributed by atoms with Gasteiger partial charge in [-0.1, -0.05) is 0 Å². The summed E-state index contributed by atoms with van der Waals surface area (Å²) in [6, 6.07) is 0. The normalized spacial score (nSPS) is 19.5. The van der Waals surface area contributed by atoms with E-state index in [0.717, 1.165) is 5.01 Å². The van der Waals surface area contributed by atoms with Crippen LogP contribution in [-0.2, 0) is 9.59 Å². The number of rotatable bonds is 1. The first kappa shape index (κ1) is 8.00. The van der Waals surface area contributed by atoms with Gasteiger partial charge in [0, 0.05) is 13.1 Å². The number of amides is 2. The topological polar surface area (TPSA) is 66.6 Å². The van der Waals surface area contributed by atoms with Crippen LogP contribution in [0.3, 0.4) is 0 Å². The fraction of sp³-hybridized carbons (Fsp3) is 0.667. The molecule has 0 atom stereocenters. The second-order valence-corrected chi connectivity index (χ2v) is 2.38. The number of piperazine rings is 1. The maximum Gasteiger partial charge on any atom is 0.326 e. The van der Waals surface area contributed by atoms with Gasteiger partial charge in [-0.05, 0) is 6.92 Å². The third kappa shape index (κ3) is 1.32. The van der Waals surface area contributed by atoms with Gasteiger partial charge >= 0.3 is 11.8 Å². The fourth-order valence-electron chi connectivity index (χ4n) is 0.991. The van der Waals surface area contributed by atoms with Gasteiger partial charge < -0.3 is 4.90 Å². The summed E-state index contributed by atoms with van der Waals surface area (Å²) >= 11 is 0. The molecule has 1 aliphatic rings. The highest BCUT2D eigenvalue weighted by atomic mass is 16.2. The number of hydrogen-bond acceptors (Lipinski definition) is 3. The van der Waals surface area contributed by atoms with Crippen molar-refractivity contribution in [3.05, 3.63) is 0 Å². The molecule has 1 heterocycles. The van der Waals surface area contributed by atoms with Crippen molar-refractivity contribution in [2.75, 3.05) is 19.6 Å². The lowest BCUT2D eigenvalue weighted by atomic mass is 10.3. The molecule has 0 aliphatic carbocycles. The first-order valence-electron chi connectivity index (χ1n) is 3.52. The molecule has 0 aromatic heterocycles. The molecule has 5 nitrogen and oxygen atoms in total. The van der Waals surface area contributed by atoms with Gasteiger partial charge in [0.1, 0.15) is 0 Å². The largest absolute Gasteiger partial charge is 0.333 e. The maximum atomic E-state index is 11.0. The van der Waals surface area contributed by atoms with E-state index in [4.69, 9.17) is 5.84 Å². The van der Waals surface area contributed by atoms with E-state index in [1.54, 1.807) is 0 Å². The summed E-state index contributed by atoms with van der Waals surface area (Å²) in [5.41, 5.74) is 0. The molecule has 0 aromatic carbocycles. The number of hydrogen-bond donors (Lipinski definition) is 1. The molecule has 1 saturated heterocycles. The molecule has 0 saturated carbocycles. The predicted molar refractivity (Wildman–Crippen MR) is 38.2 cm³/mol. The quantitative estimate of drug-likeness (QED) is 0.288.